The first-order chi connectivity index (χ1) is 66.8. The molecule has 142 heavy (non-hydrogen) atoms. The first-order valence-electron chi connectivity index (χ1n) is 44.6. The van der Waals surface area contributed by atoms with Crippen molar-refractivity contribution in [3.63, 3.8) is 0 Å². The summed E-state index contributed by atoms with van der Waals surface area (Å²) in [5, 5.41) is 127. The van der Waals surface area contributed by atoms with Gasteiger partial charge in [-0.2, -0.15) is 0 Å². The molecule has 8 aliphatic heterocycles. The summed E-state index contributed by atoms with van der Waals surface area (Å²) in [5.74, 6) is -20.8. The van der Waals surface area contributed by atoms with Gasteiger partial charge in [0.15, 0.2) is 42.3 Å². The number of aliphatic hydroxyl groups excluding tert-OH is 5. The maximum atomic E-state index is 16.8. The van der Waals surface area contributed by atoms with Crippen LogP contribution in [0.2, 0.25) is 15.1 Å². The number of benzene rings is 7. The summed E-state index contributed by atoms with van der Waals surface area (Å²) in [6.45, 7) is 8.60. The Morgan fingerprint density at radius 2 is 1.20 bits per heavy atom. The van der Waals surface area contributed by atoms with Crippen molar-refractivity contribution in [1.82, 2.24) is 47.9 Å². The molecule has 766 valence electrons. The number of phenols is 3. The monoisotopic (exact) mass is 2080 g/mol. The number of hydrogen-bond acceptors (Lipinski definition) is 32. The molecule has 7 aromatic rings. The van der Waals surface area contributed by atoms with Gasteiger partial charge in [-0.3, -0.25) is 52.3 Å². The summed E-state index contributed by atoms with van der Waals surface area (Å²) in [6.07, 6.45) is -26.9. The number of carboxylic acid groups (broad SMARTS) is 1. The van der Waals surface area contributed by atoms with Gasteiger partial charge in [-0.25, -0.2) is 4.79 Å². The van der Waals surface area contributed by atoms with Crippen molar-refractivity contribution in [2.75, 3.05) is 13.7 Å². The first-order valence-corrected chi connectivity index (χ1v) is 49.1. The molecule has 8 amide bonds. The van der Waals surface area contributed by atoms with E-state index in [2.05, 4.69) is 42.5 Å². The number of aliphatic carboxylic acids is 1. The van der Waals surface area contributed by atoms with E-state index in [0.29, 0.717) is 5.02 Å². The van der Waals surface area contributed by atoms with Crippen LogP contribution in [0.25, 0.3) is 22.3 Å². The molecule has 0 radical (unpaired) electrons. The standard InChI is InChI=1S/C92H108Cl3N11O34P2/c1-38(2)25-54(98-7)82(118)105-72-76(137-65(113)10-8-9-64(112)101-90(141(126,127)128)142(129,130)131)45-18-23-58(52(94)27-45)134-60-29-47-30-61(78(60)140-89-79(75(115)74(114)62(37-107)136-89)139-67-35-92(6,81(117)40(4)133-67)99-36-41-11-13-42(14-12-41)43-15-20-48(93)21-16-43)135-59-24-19-46(28-53(59)95)77(138-66-34-91(5,97)80(116)39(3)132-66)73-87(123)104-71(88(124)125)51-31-49(108)32-57(110)68(51)50-26-44(17-22-56(50)109)69(84(120)106-73)103-85(121)70(47)102-83(119)55(33-63(96)111)100-86(72)122/h11-24,26-32,38-40,54-55,62,66-67,69-77,79-81,89-90,98-99,107-110,114-117H,8-10,25,33-37,97H2,1-7H3,(H2,96,111)(H,100,122)(H,101,112)(H,102,119)(H,103,121)(H,104,123)(H,105,118)(H,106,120)(H,124,125)(H2,126,127,128)(H2,129,130,131)/t39-,40-,54+,55-,62+,66-,67-,69+,70+,71-,72+,73-,74+,75-,76+,77+,79+,80-,81-,89-,91-,92-/m0/s1. The van der Waals surface area contributed by atoms with E-state index in [9.17, 15) is 98.6 Å². The predicted octanol–water partition coefficient (Wildman–Crippen LogP) is 3.97. The lowest BCUT2D eigenvalue weighted by atomic mass is 9.84. The number of halogens is 3. The molecule has 3 saturated heterocycles. The van der Waals surface area contributed by atoms with Gasteiger partial charge < -0.3 is 167 Å². The SMILES string of the molecule is CN[C@H](CC(C)C)C(=O)N[C@H]1C(=O)N[C@@H](CC(N)=O)C(=O)N[C@H]2C(=O)N[C@H]3C(=O)N[C@H](C(=O)N[C@H](C(=O)O)c4cc(O)cc(O)c4-c4cc3ccc4O)[C@H](O[C@H]3C[C@](C)(N)[C@@H](O)[C@H](C)O3)c3ccc(c(Cl)c3)Oc3cc2cc(c3O[C@@H]2O[C@H](CO)[C@@H](O)[C@H](O)[C@H]2O[C@H]2C[C@](C)(NCc3ccc(-c4ccc(Cl)cc4)cc3)[C@@H](O)[C@H](C)O2)Oc2ccc(cc2Cl)[C@H]1OC(=O)CCCC(=O)NC(P(=O)(O)O)P(=O)(O)O. The first kappa shape index (κ1) is 108. The summed E-state index contributed by atoms with van der Waals surface area (Å²) >= 11 is 21.1. The van der Waals surface area contributed by atoms with Crippen molar-refractivity contribution in [1.29, 1.82) is 0 Å². The zero-order valence-electron chi connectivity index (χ0n) is 76.8. The summed E-state index contributed by atoms with van der Waals surface area (Å²) in [4.78, 5) is 190. The quantitative estimate of drug-likeness (QED) is 0.0256. The summed E-state index contributed by atoms with van der Waals surface area (Å²) in [6, 6.07) is 12.3. The molecule has 0 aliphatic carbocycles. The van der Waals surface area contributed by atoms with E-state index < -0.39 is 336 Å². The van der Waals surface area contributed by atoms with Crippen LogP contribution in [0, 0.1) is 5.92 Å². The smallest absolute Gasteiger partial charge is 0.360 e. The number of likely N-dealkylation sites (N-methyl/N-ethyl adjacent to an activating group) is 1. The van der Waals surface area contributed by atoms with Crippen LogP contribution >= 0.6 is 50.0 Å². The molecule has 8 heterocycles. The molecule has 45 nitrogen and oxygen atoms in total. The third-order valence-corrected chi connectivity index (χ3v) is 29.1. The molecule has 50 heteroatoms. The Morgan fingerprint density at radius 1 is 0.627 bits per heavy atom. The van der Waals surface area contributed by atoms with Crippen LogP contribution < -0.4 is 73.5 Å². The fourth-order valence-electron chi connectivity index (χ4n) is 17.5. The van der Waals surface area contributed by atoms with Crippen LogP contribution in [0.15, 0.2) is 127 Å². The lowest BCUT2D eigenvalue weighted by Crippen LogP contribution is -2.65. The lowest BCUT2D eigenvalue weighted by molar-refractivity contribution is -0.334. The van der Waals surface area contributed by atoms with Crippen molar-refractivity contribution in [2.24, 2.45) is 17.4 Å². The zero-order chi connectivity index (χ0) is 104. The fourth-order valence-corrected chi connectivity index (χ4v) is 20.2. The van der Waals surface area contributed by atoms with Gasteiger partial charge in [0.05, 0.1) is 53.5 Å². The molecule has 0 unspecified atom stereocenters. The Balaban J connectivity index is 1.03. The van der Waals surface area contributed by atoms with Crippen LogP contribution in [0.4, 0.5) is 0 Å². The minimum absolute atomic E-state index is 0.0277. The van der Waals surface area contributed by atoms with Gasteiger partial charge in [0, 0.05) is 71.1 Å². The van der Waals surface area contributed by atoms with Gasteiger partial charge in [-0.1, -0.05) is 103 Å². The average Bonchev–Trinajstić information content (AvgIpc) is 0.761. The maximum Gasteiger partial charge on any atom is 0.360 e. The number of nitrogens with one attached hydrogen (secondary N) is 9. The summed E-state index contributed by atoms with van der Waals surface area (Å²) < 4.78 is 83.4. The van der Waals surface area contributed by atoms with E-state index in [1.54, 1.807) is 38.2 Å². The van der Waals surface area contributed by atoms with E-state index in [0.717, 1.165) is 89.5 Å². The van der Waals surface area contributed by atoms with Crippen molar-refractivity contribution in [3.8, 4) is 68.2 Å². The molecular weight excluding hydrogens is 1970 g/mol. The number of phenolic OH excluding ortho intramolecular Hbond substituents is 3. The molecule has 3 fully saturated rings. The molecule has 0 spiro atoms. The molecule has 0 aromatic heterocycles. The average molecular weight is 2080 g/mol. The van der Waals surface area contributed by atoms with Crippen LogP contribution in [0.5, 0.6) is 46.0 Å². The minimum Gasteiger partial charge on any atom is -0.508 e. The van der Waals surface area contributed by atoms with Gasteiger partial charge in [-0.05, 0) is 159 Å². The predicted molar refractivity (Wildman–Crippen MR) is 499 cm³/mol. The van der Waals surface area contributed by atoms with Crippen LogP contribution in [-0.2, 0) is 92.0 Å². The third kappa shape index (κ3) is 25.0. The highest BCUT2D eigenvalue weighted by Crippen LogP contribution is 2.59. The minimum atomic E-state index is -5.76. The molecule has 11 bridgehead atoms. The number of hydrogen-bond donors (Lipinski definition) is 24. The number of carbonyl (C=O) groups excluding carboxylic acids is 9. The molecular formula is C92H108Cl3N11O34P2. The Morgan fingerprint density at radius 3 is 1.78 bits per heavy atom. The number of nitrogens with two attached hydrogens (primary N) is 2. The Hall–Kier alpha value is -11.3. The number of esters is 1. The van der Waals surface area contributed by atoms with Gasteiger partial charge in [0.1, 0.15) is 83.4 Å². The second-order valence-electron chi connectivity index (χ2n) is 36.2. The highest BCUT2D eigenvalue weighted by molar-refractivity contribution is 7.70. The van der Waals surface area contributed by atoms with E-state index in [-0.39, 0.29) is 36.4 Å². The van der Waals surface area contributed by atoms with Crippen molar-refractivity contribution < 1.29 is 165 Å². The molecule has 0 saturated carbocycles. The summed E-state index contributed by atoms with van der Waals surface area (Å²) in [7, 11) is -10.1. The number of aromatic hydroxyl groups is 3. The number of amides is 8. The number of primary amides is 1. The number of rotatable bonds is 27. The van der Waals surface area contributed by atoms with Crippen LogP contribution in [0.3, 0.4) is 0 Å². The highest BCUT2D eigenvalue weighted by Gasteiger charge is 2.54. The fraction of sp³-hybridized carbons (Fsp3) is 0.435. The number of ether oxygens (including phenoxy) is 9. The molecule has 7 aromatic carbocycles. The number of fused-ring (bicyclic) bond motifs is 15. The van der Waals surface area contributed by atoms with Crippen molar-refractivity contribution in [2.45, 2.75) is 232 Å². The van der Waals surface area contributed by atoms with E-state index >= 15 is 24.0 Å². The topological polar surface area (TPSA) is 711 Å². The summed E-state index contributed by atoms with van der Waals surface area (Å²) in [5.41, 5.74) is 5.82. The van der Waals surface area contributed by atoms with Gasteiger partial charge >= 0.3 is 27.1 Å². The Bertz CT molecular complexity index is 6030. The van der Waals surface area contributed by atoms with Gasteiger partial charge in [0.2, 0.25) is 64.8 Å². The number of carbonyl (C=O) groups is 10. The van der Waals surface area contributed by atoms with E-state index in [4.69, 9.17) is 88.9 Å². The highest BCUT2D eigenvalue weighted by atomic mass is 35.5. The third-order valence-electron chi connectivity index (χ3n) is 24.9. The Labute approximate surface area is 824 Å². The normalized spacial score (nSPS) is 27.8. The van der Waals surface area contributed by atoms with Crippen molar-refractivity contribution >= 4 is 109 Å². The largest absolute Gasteiger partial charge is 0.508 e. The molecule has 26 N–H and O–H groups in total. The van der Waals surface area contributed by atoms with Crippen LogP contribution in [-0.4, -0.2) is 247 Å². The van der Waals surface area contributed by atoms with E-state index in [1.165, 1.54) is 33.9 Å². The second kappa shape index (κ2) is 44.5. The second-order valence-corrected chi connectivity index (χ2v) is 41.2. The Kier molecular flexibility index (Phi) is 33.8. The maximum absolute atomic E-state index is 16.8. The number of aliphatic hydroxyl groups is 5. The molecule has 8 aliphatic rings. The lowest BCUT2D eigenvalue weighted by Gasteiger charge is -2.48. The zero-order valence-corrected chi connectivity index (χ0v) is 80.8. The van der Waals surface area contributed by atoms with Gasteiger partial charge in [0.25, 0.3) is 0 Å². The number of carboxylic acids is 1. The van der Waals surface area contributed by atoms with Crippen LogP contribution in [0.1, 0.15) is 150 Å². The van der Waals surface area contributed by atoms with Gasteiger partial charge in [-0.15, -0.1) is 0 Å². The van der Waals surface area contributed by atoms with Crippen molar-refractivity contribution in [3.05, 3.63) is 176 Å². The molecule has 22 atom stereocenters. The van der Waals surface area contributed by atoms with E-state index in [1.807, 2.05) is 36.4 Å². The molecule has 15 rings (SSSR count).